The predicted molar refractivity (Wildman–Crippen MR) is 118 cm³/mol. The Bertz CT molecular complexity index is 844. The van der Waals surface area contributed by atoms with Crippen molar-refractivity contribution in [1.82, 2.24) is 10.2 Å². The van der Waals surface area contributed by atoms with E-state index in [0.717, 1.165) is 61.2 Å². The van der Waals surface area contributed by atoms with Gasteiger partial charge in [-0.2, -0.15) is 0 Å². The smallest absolute Gasteiger partial charge is 0.286 e. The second-order valence-electron chi connectivity index (χ2n) is 7.91. The SMILES string of the molecule is Cc1cc(OCc2ccc(C(=O)NCCCN3CCOCC3)o2)c(C(C)C)cc1Cl. The number of rotatable bonds is 9. The van der Waals surface area contributed by atoms with E-state index in [-0.39, 0.29) is 18.4 Å². The molecule has 1 amide bonds. The maximum Gasteiger partial charge on any atom is 0.286 e. The van der Waals surface area contributed by atoms with Crippen LogP contribution in [-0.2, 0) is 11.3 Å². The van der Waals surface area contributed by atoms with Crippen molar-refractivity contribution < 1.29 is 18.7 Å². The van der Waals surface area contributed by atoms with Gasteiger partial charge in [0.05, 0.1) is 13.2 Å². The minimum Gasteiger partial charge on any atom is -0.485 e. The highest BCUT2D eigenvalue weighted by Gasteiger charge is 2.15. The second kappa shape index (κ2) is 10.8. The number of benzene rings is 1. The fourth-order valence-electron chi connectivity index (χ4n) is 3.39. The van der Waals surface area contributed by atoms with Gasteiger partial charge in [0, 0.05) is 24.7 Å². The topological polar surface area (TPSA) is 63.9 Å². The zero-order valence-corrected chi connectivity index (χ0v) is 18.8. The van der Waals surface area contributed by atoms with E-state index in [4.69, 9.17) is 25.5 Å². The molecule has 0 radical (unpaired) electrons. The highest BCUT2D eigenvalue weighted by atomic mass is 35.5. The Morgan fingerprint density at radius 1 is 1.27 bits per heavy atom. The van der Waals surface area contributed by atoms with Crippen LogP contribution in [0.3, 0.4) is 0 Å². The molecule has 164 valence electrons. The molecule has 1 aliphatic rings. The molecule has 2 aromatic rings. The molecular formula is C23H31ClN2O4. The lowest BCUT2D eigenvalue weighted by Crippen LogP contribution is -2.38. The molecule has 0 spiro atoms. The van der Waals surface area contributed by atoms with Crippen molar-refractivity contribution in [2.75, 3.05) is 39.4 Å². The summed E-state index contributed by atoms with van der Waals surface area (Å²) < 4.78 is 17.0. The maximum atomic E-state index is 12.3. The fraction of sp³-hybridized carbons (Fsp3) is 0.522. The third kappa shape index (κ3) is 6.24. The van der Waals surface area contributed by atoms with Gasteiger partial charge >= 0.3 is 0 Å². The average molecular weight is 435 g/mol. The van der Waals surface area contributed by atoms with Gasteiger partial charge in [-0.3, -0.25) is 9.69 Å². The summed E-state index contributed by atoms with van der Waals surface area (Å²) in [6.07, 6.45) is 0.899. The first-order chi connectivity index (χ1) is 14.4. The summed E-state index contributed by atoms with van der Waals surface area (Å²) in [5, 5.41) is 3.65. The first kappa shape index (κ1) is 22.7. The van der Waals surface area contributed by atoms with E-state index in [9.17, 15) is 4.79 Å². The Labute approximate surface area is 183 Å². The summed E-state index contributed by atoms with van der Waals surface area (Å²) in [6.45, 7) is 11.5. The molecule has 0 saturated carbocycles. The standard InChI is InChI=1S/C23H31ClN2O4/c1-16(2)19-14-20(24)17(3)13-22(19)29-15-18-5-6-21(30-18)23(27)25-7-4-8-26-9-11-28-12-10-26/h5-6,13-14,16H,4,7-12,15H2,1-3H3,(H,25,27). The number of hydrogen-bond donors (Lipinski definition) is 1. The monoisotopic (exact) mass is 434 g/mol. The third-order valence-electron chi connectivity index (χ3n) is 5.21. The van der Waals surface area contributed by atoms with Gasteiger partial charge in [0.25, 0.3) is 5.91 Å². The first-order valence-electron chi connectivity index (χ1n) is 10.5. The molecule has 7 heteroatoms. The van der Waals surface area contributed by atoms with Crippen LogP contribution in [-0.4, -0.2) is 50.2 Å². The van der Waals surface area contributed by atoms with Crippen LogP contribution in [0.5, 0.6) is 5.75 Å². The molecule has 0 bridgehead atoms. The van der Waals surface area contributed by atoms with Crippen molar-refractivity contribution in [3.63, 3.8) is 0 Å². The largest absolute Gasteiger partial charge is 0.485 e. The third-order valence-corrected chi connectivity index (χ3v) is 5.62. The number of amides is 1. The van der Waals surface area contributed by atoms with Crippen LogP contribution >= 0.6 is 11.6 Å². The number of nitrogens with zero attached hydrogens (tertiary/aromatic N) is 1. The normalized spacial score (nSPS) is 14.8. The van der Waals surface area contributed by atoms with E-state index in [2.05, 4.69) is 24.1 Å². The summed E-state index contributed by atoms with van der Waals surface area (Å²) in [4.78, 5) is 14.7. The summed E-state index contributed by atoms with van der Waals surface area (Å²) in [7, 11) is 0. The van der Waals surface area contributed by atoms with E-state index in [1.54, 1.807) is 12.1 Å². The highest BCUT2D eigenvalue weighted by Crippen LogP contribution is 2.32. The number of nitrogens with one attached hydrogen (secondary N) is 1. The van der Waals surface area contributed by atoms with Crippen LogP contribution in [0, 0.1) is 6.92 Å². The minimum absolute atomic E-state index is 0.201. The second-order valence-corrected chi connectivity index (χ2v) is 8.32. The Balaban J connectivity index is 1.48. The molecule has 30 heavy (non-hydrogen) atoms. The van der Waals surface area contributed by atoms with E-state index >= 15 is 0 Å². The molecule has 1 saturated heterocycles. The molecular weight excluding hydrogens is 404 g/mol. The number of halogens is 1. The molecule has 1 N–H and O–H groups in total. The molecule has 0 aliphatic carbocycles. The van der Waals surface area contributed by atoms with E-state index in [0.29, 0.717) is 18.1 Å². The van der Waals surface area contributed by atoms with Gasteiger partial charge in [-0.25, -0.2) is 0 Å². The molecule has 6 nitrogen and oxygen atoms in total. The zero-order chi connectivity index (χ0) is 21.5. The first-order valence-corrected chi connectivity index (χ1v) is 10.9. The van der Waals surface area contributed by atoms with Crippen LogP contribution in [0.15, 0.2) is 28.7 Å². The number of carbonyl (C=O) groups is 1. The average Bonchev–Trinajstić information content (AvgIpc) is 3.21. The van der Waals surface area contributed by atoms with Crippen molar-refractivity contribution in [1.29, 1.82) is 0 Å². The summed E-state index contributed by atoms with van der Waals surface area (Å²) in [5.41, 5.74) is 2.02. The Morgan fingerprint density at radius 3 is 2.77 bits per heavy atom. The van der Waals surface area contributed by atoms with Gasteiger partial charge < -0.3 is 19.2 Å². The molecule has 1 aromatic heterocycles. The van der Waals surface area contributed by atoms with Gasteiger partial charge in [-0.1, -0.05) is 25.4 Å². The Morgan fingerprint density at radius 2 is 2.03 bits per heavy atom. The number of hydrogen-bond acceptors (Lipinski definition) is 5. The van der Waals surface area contributed by atoms with Crippen LogP contribution in [0.4, 0.5) is 0 Å². The van der Waals surface area contributed by atoms with Gasteiger partial charge in [-0.15, -0.1) is 0 Å². The number of aryl methyl sites for hydroxylation is 1. The molecule has 0 atom stereocenters. The molecule has 1 aromatic carbocycles. The van der Waals surface area contributed by atoms with Crippen LogP contribution < -0.4 is 10.1 Å². The fourth-order valence-corrected chi connectivity index (χ4v) is 3.56. The summed E-state index contributed by atoms with van der Waals surface area (Å²) in [6, 6.07) is 7.37. The Kier molecular flexibility index (Phi) is 8.19. The molecule has 0 unspecified atom stereocenters. The zero-order valence-electron chi connectivity index (χ0n) is 18.0. The minimum atomic E-state index is -0.201. The lowest BCUT2D eigenvalue weighted by atomic mass is 10.0. The van der Waals surface area contributed by atoms with Gasteiger partial charge in [0.15, 0.2) is 5.76 Å². The van der Waals surface area contributed by atoms with E-state index in [1.165, 1.54) is 0 Å². The molecule has 2 heterocycles. The number of furan rings is 1. The molecule has 3 rings (SSSR count). The van der Waals surface area contributed by atoms with Crippen LogP contribution in [0.25, 0.3) is 0 Å². The number of ether oxygens (including phenoxy) is 2. The van der Waals surface area contributed by atoms with Crippen molar-refractivity contribution in [3.05, 3.63) is 51.9 Å². The quantitative estimate of drug-likeness (QED) is 0.593. The van der Waals surface area contributed by atoms with E-state index < -0.39 is 0 Å². The highest BCUT2D eigenvalue weighted by molar-refractivity contribution is 6.31. The lowest BCUT2D eigenvalue weighted by Gasteiger charge is -2.26. The van der Waals surface area contributed by atoms with Crippen molar-refractivity contribution >= 4 is 17.5 Å². The van der Waals surface area contributed by atoms with E-state index in [1.807, 2.05) is 19.1 Å². The molecule has 1 fully saturated rings. The van der Waals surface area contributed by atoms with Gasteiger partial charge in [0.2, 0.25) is 0 Å². The van der Waals surface area contributed by atoms with Crippen LogP contribution in [0.1, 0.15) is 53.6 Å². The summed E-state index contributed by atoms with van der Waals surface area (Å²) in [5.74, 6) is 1.78. The number of morpholine rings is 1. The predicted octanol–water partition coefficient (Wildman–Crippen LogP) is 4.40. The van der Waals surface area contributed by atoms with Gasteiger partial charge in [-0.05, 0) is 61.2 Å². The van der Waals surface area contributed by atoms with Crippen molar-refractivity contribution in [2.24, 2.45) is 0 Å². The number of carbonyl (C=O) groups excluding carboxylic acids is 1. The maximum absolute atomic E-state index is 12.3. The summed E-state index contributed by atoms with van der Waals surface area (Å²) >= 11 is 6.25. The molecule has 1 aliphatic heterocycles. The van der Waals surface area contributed by atoms with Crippen LogP contribution in [0.2, 0.25) is 5.02 Å². The lowest BCUT2D eigenvalue weighted by molar-refractivity contribution is 0.0374. The van der Waals surface area contributed by atoms with Crippen molar-refractivity contribution in [2.45, 2.75) is 39.7 Å². The van der Waals surface area contributed by atoms with Gasteiger partial charge in [0.1, 0.15) is 18.1 Å². The van der Waals surface area contributed by atoms with Crippen molar-refractivity contribution in [3.8, 4) is 5.75 Å². The Hall–Kier alpha value is -2.02.